The number of carbonyl (C=O) groups is 1. The normalized spacial score (nSPS) is 10.8. The van der Waals surface area contributed by atoms with Crippen molar-refractivity contribution < 1.29 is 13.9 Å². The summed E-state index contributed by atoms with van der Waals surface area (Å²) in [5.41, 5.74) is 4.67. The van der Waals surface area contributed by atoms with Crippen LogP contribution in [0.25, 0.3) is 0 Å². The Kier molecular flexibility index (Phi) is 8.43. The van der Waals surface area contributed by atoms with Crippen LogP contribution in [-0.4, -0.2) is 42.3 Å². The molecule has 0 bridgehead atoms. The van der Waals surface area contributed by atoms with Crippen molar-refractivity contribution in [3.05, 3.63) is 49.9 Å². The molecule has 1 heterocycles. The highest BCUT2D eigenvalue weighted by Crippen LogP contribution is 2.20. The Hall–Kier alpha value is -2.85. The summed E-state index contributed by atoms with van der Waals surface area (Å²) >= 11 is 5.85. The van der Waals surface area contributed by atoms with Crippen LogP contribution in [0.3, 0.4) is 0 Å². The molecule has 2 aromatic rings. The number of benzene rings is 1. The van der Waals surface area contributed by atoms with Gasteiger partial charge in [-0.05, 0) is 24.6 Å². The van der Waals surface area contributed by atoms with Crippen LogP contribution in [0.2, 0.25) is 5.02 Å². The van der Waals surface area contributed by atoms with Crippen molar-refractivity contribution in [1.82, 2.24) is 9.55 Å². The second kappa shape index (κ2) is 10.8. The monoisotopic (exact) mass is 441 g/mol. The number of nitrogens with zero attached hydrogens (tertiary/aromatic N) is 2. The van der Waals surface area contributed by atoms with Gasteiger partial charge in [-0.15, -0.1) is 0 Å². The van der Waals surface area contributed by atoms with E-state index in [0.717, 1.165) is 12.5 Å². The van der Waals surface area contributed by atoms with Gasteiger partial charge < -0.3 is 20.7 Å². The number of anilines is 3. The van der Waals surface area contributed by atoms with Crippen molar-refractivity contribution in [3.63, 3.8) is 0 Å². The lowest BCUT2D eigenvalue weighted by atomic mass is 10.3. The fourth-order valence-electron chi connectivity index (χ4n) is 2.85. The molecular formula is C19H25ClFN5O4. The van der Waals surface area contributed by atoms with Crippen LogP contribution in [0.5, 0.6) is 0 Å². The van der Waals surface area contributed by atoms with E-state index < -0.39 is 23.0 Å². The van der Waals surface area contributed by atoms with Crippen molar-refractivity contribution in [3.8, 4) is 0 Å². The minimum atomic E-state index is -0.719. The van der Waals surface area contributed by atoms with Gasteiger partial charge in [0.15, 0.2) is 0 Å². The molecule has 0 fully saturated rings. The Labute approximate surface area is 177 Å². The number of carbonyl (C=O) groups excluding carboxylic acids is 1. The number of methoxy groups -OCH3 is 1. The maximum absolute atomic E-state index is 13.9. The van der Waals surface area contributed by atoms with Gasteiger partial charge in [0.1, 0.15) is 17.3 Å². The van der Waals surface area contributed by atoms with Gasteiger partial charge >= 0.3 is 5.69 Å². The summed E-state index contributed by atoms with van der Waals surface area (Å²) in [6.45, 7) is 2.28. The third-order valence-corrected chi connectivity index (χ3v) is 4.60. The second-order valence-corrected chi connectivity index (χ2v) is 7.02. The number of unbranched alkanes of at least 4 members (excludes halogenated alkanes) is 1. The number of ether oxygens (including phenoxy) is 1. The van der Waals surface area contributed by atoms with Gasteiger partial charge in [0, 0.05) is 25.2 Å². The topological polar surface area (TPSA) is 122 Å². The van der Waals surface area contributed by atoms with Crippen LogP contribution in [0, 0.1) is 5.82 Å². The lowest BCUT2D eigenvalue weighted by Gasteiger charge is -2.25. The third kappa shape index (κ3) is 5.83. The molecule has 0 saturated heterocycles. The number of H-pyrrole nitrogens is 1. The fourth-order valence-corrected chi connectivity index (χ4v) is 3.02. The molecule has 0 aliphatic heterocycles. The Balaban J connectivity index is 2.35. The van der Waals surface area contributed by atoms with Gasteiger partial charge in [0.2, 0.25) is 5.91 Å². The minimum absolute atomic E-state index is 0.0236. The molecule has 4 N–H and O–H groups in total. The molecule has 1 amide bonds. The Morgan fingerprint density at radius 2 is 2.13 bits per heavy atom. The lowest BCUT2D eigenvalue weighted by Crippen LogP contribution is -2.42. The summed E-state index contributed by atoms with van der Waals surface area (Å²) in [5.74, 6) is -1.30. The van der Waals surface area contributed by atoms with Crippen molar-refractivity contribution >= 4 is 34.7 Å². The van der Waals surface area contributed by atoms with Gasteiger partial charge in [0.25, 0.3) is 5.56 Å². The van der Waals surface area contributed by atoms with E-state index in [4.69, 9.17) is 22.1 Å². The number of hydrogen-bond donors (Lipinski definition) is 3. The van der Waals surface area contributed by atoms with Crippen LogP contribution in [0.4, 0.5) is 21.6 Å². The standard InChI is InChI=1S/C19H25ClFN5O4/c1-3-4-7-26-17(22)16(18(28)24-19(26)29)25(8-9-30-2)11-15(27)23-14-10-12(20)5-6-13(14)21/h5-6,10H,3-4,7-9,11,22H2,1-2H3,(H,23,27)(H,24,28,29). The number of aromatic nitrogens is 2. The first kappa shape index (κ1) is 23.4. The molecule has 11 heteroatoms. The maximum atomic E-state index is 13.9. The average Bonchev–Trinajstić information content (AvgIpc) is 2.68. The SMILES string of the molecule is CCCCn1c(N)c(N(CCOC)CC(=O)Nc2cc(Cl)ccc2F)c(=O)[nH]c1=O. The molecule has 0 atom stereocenters. The van der Waals surface area contributed by atoms with E-state index in [1.54, 1.807) is 0 Å². The Morgan fingerprint density at radius 3 is 2.80 bits per heavy atom. The van der Waals surface area contributed by atoms with Gasteiger partial charge in [-0.3, -0.25) is 19.1 Å². The number of aromatic amines is 1. The zero-order chi connectivity index (χ0) is 22.3. The first-order chi connectivity index (χ1) is 14.3. The maximum Gasteiger partial charge on any atom is 0.330 e. The summed E-state index contributed by atoms with van der Waals surface area (Å²) in [4.78, 5) is 40.8. The van der Waals surface area contributed by atoms with Gasteiger partial charge in [-0.1, -0.05) is 24.9 Å². The summed E-state index contributed by atoms with van der Waals surface area (Å²) in [5, 5.41) is 2.68. The first-order valence-electron chi connectivity index (χ1n) is 9.39. The number of nitrogens with one attached hydrogen (secondary N) is 2. The second-order valence-electron chi connectivity index (χ2n) is 6.59. The molecule has 9 nitrogen and oxygen atoms in total. The Morgan fingerprint density at radius 1 is 1.40 bits per heavy atom. The van der Waals surface area contributed by atoms with E-state index in [1.165, 1.54) is 28.7 Å². The molecule has 1 aromatic carbocycles. The molecule has 0 radical (unpaired) electrons. The van der Waals surface area contributed by atoms with Crippen molar-refractivity contribution in [2.24, 2.45) is 0 Å². The number of halogens is 2. The highest BCUT2D eigenvalue weighted by molar-refractivity contribution is 6.30. The van der Waals surface area contributed by atoms with Gasteiger partial charge in [-0.25, -0.2) is 9.18 Å². The van der Waals surface area contributed by atoms with Crippen molar-refractivity contribution in [2.45, 2.75) is 26.3 Å². The smallest absolute Gasteiger partial charge is 0.330 e. The van der Waals surface area contributed by atoms with Crippen LogP contribution in [0.15, 0.2) is 27.8 Å². The van der Waals surface area contributed by atoms with Crippen molar-refractivity contribution in [2.75, 3.05) is 42.8 Å². The van der Waals surface area contributed by atoms with Gasteiger partial charge in [0.05, 0.1) is 18.8 Å². The van der Waals surface area contributed by atoms with Gasteiger partial charge in [-0.2, -0.15) is 0 Å². The van der Waals surface area contributed by atoms with Crippen LogP contribution in [0.1, 0.15) is 19.8 Å². The minimum Gasteiger partial charge on any atom is -0.383 e. The molecule has 0 saturated carbocycles. The Bertz CT molecular complexity index is 1010. The molecule has 0 spiro atoms. The van der Waals surface area contributed by atoms with Crippen molar-refractivity contribution in [1.29, 1.82) is 0 Å². The largest absolute Gasteiger partial charge is 0.383 e. The van der Waals surface area contributed by atoms with E-state index in [0.29, 0.717) is 13.0 Å². The van der Waals surface area contributed by atoms with Crippen LogP contribution < -0.4 is 27.2 Å². The fraction of sp³-hybridized carbons (Fsp3) is 0.421. The number of rotatable bonds is 10. The zero-order valence-corrected chi connectivity index (χ0v) is 17.6. The quantitative estimate of drug-likeness (QED) is 0.516. The predicted molar refractivity (Wildman–Crippen MR) is 115 cm³/mol. The lowest BCUT2D eigenvalue weighted by molar-refractivity contribution is -0.115. The van der Waals surface area contributed by atoms with Crippen LogP contribution in [-0.2, 0) is 16.1 Å². The van der Waals surface area contributed by atoms with E-state index in [-0.39, 0.29) is 41.9 Å². The molecule has 164 valence electrons. The summed E-state index contributed by atoms with van der Waals surface area (Å²) < 4.78 is 20.2. The molecule has 1 aromatic heterocycles. The van der Waals surface area contributed by atoms with Crippen LogP contribution >= 0.6 is 11.6 Å². The number of amides is 1. The molecule has 2 rings (SSSR count). The molecule has 0 unspecified atom stereocenters. The van der Waals surface area contributed by atoms with E-state index in [1.807, 2.05) is 6.92 Å². The van der Waals surface area contributed by atoms with E-state index in [9.17, 15) is 18.8 Å². The molecule has 30 heavy (non-hydrogen) atoms. The molecule has 0 aliphatic carbocycles. The number of nitrogen functional groups attached to an aromatic ring is 1. The third-order valence-electron chi connectivity index (χ3n) is 4.37. The number of hydrogen-bond acceptors (Lipinski definition) is 6. The van der Waals surface area contributed by atoms with E-state index in [2.05, 4.69) is 10.3 Å². The van der Waals surface area contributed by atoms with E-state index >= 15 is 0 Å². The highest BCUT2D eigenvalue weighted by atomic mass is 35.5. The molecule has 0 aliphatic rings. The first-order valence-corrected chi connectivity index (χ1v) is 9.77. The highest BCUT2D eigenvalue weighted by Gasteiger charge is 2.21. The summed E-state index contributed by atoms with van der Waals surface area (Å²) in [6, 6.07) is 3.77. The average molecular weight is 442 g/mol. The summed E-state index contributed by atoms with van der Waals surface area (Å²) in [6.07, 6.45) is 1.50. The molecular weight excluding hydrogens is 417 g/mol. The summed E-state index contributed by atoms with van der Waals surface area (Å²) in [7, 11) is 1.47. The number of nitrogens with two attached hydrogens (primary N) is 1. The predicted octanol–water partition coefficient (Wildman–Crippen LogP) is 1.80. The zero-order valence-electron chi connectivity index (χ0n) is 16.8.